The van der Waals surface area contributed by atoms with Gasteiger partial charge in [-0.2, -0.15) is 5.26 Å². The van der Waals surface area contributed by atoms with Crippen LogP contribution in [0.2, 0.25) is 0 Å². The fourth-order valence-electron chi connectivity index (χ4n) is 3.30. The number of benzene rings is 2. The van der Waals surface area contributed by atoms with Gasteiger partial charge < -0.3 is 14.0 Å². The number of carbonyl (C=O) groups is 1. The summed E-state index contributed by atoms with van der Waals surface area (Å²) in [4.78, 5) is 20.8. The SMILES string of the molecule is CCOC(=O)c1ccc(-n2cc(C#N)c3ncnc(-c4cccc(OC)c4)c32)cc1. The molecule has 0 aliphatic carbocycles. The van der Waals surface area contributed by atoms with Gasteiger partial charge in [0.1, 0.15) is 23.7 Å². The van der Waals surface area contributed by atoms with Gasteiger partial charge in [0.15, 0.2) is 0 Å². The van der Waals surface area contributed by atoms with Crippen LogP contribution in [0.15, 0.2) is 61.1 Å². The van der Waals surface area contributed by atoms with E-state index < -0.39 is 0 Å². The van der Waals surface area contributed by atoms with Crippen molar-refractivity contribution in [1.82, 2.24) is 14.5 Å². The number of methoxy groups -OCH3 is 1. The molecule has 7 nitrogen and oxygen atoms in total. The molecule has 0 N–H and O–H groups in total. The minimum atomic E-state index is -0.375. The molecule has 0 fully saturated rings. The highest BCUT2D eigenvalue weighted by atomic mass is 16.5. The number of aromatic nitrogens is 3. The zero-order valence-electron chi connectivity index (χ0n) is 16.5. The zero-order chi connectivity index (χ0) is 21.1. The predicted octanol–water partition coefficient (Wildman–Crippen LogP) is 4.14. The van der Waals surface area contributed by atoms with Gasteiger partial charge >= 0.3 is 5.97 Å². The molecular formula is C23H18N4O3. The molecule has 0 saturated heterocycles. The van der Waals surface area contributed by atoms with Gasteiger partial charge in [-0.3, -0.25) is 0 Å². The first kappa shape index (κ1) is 19.2. The highest BCUT2D eigenvalue weighted by Crippen LogP contribution is 2.32. The lowest BCUT2D eigenvalue weighted by Gasteiger charge is -2.10. The first-order chi connectivity index (χ1) is 14.7. The van der Waals surface area contributed by atoms with Crippen LogP contribution in [0.3, 0.4) is 0 Å². The van der Waals surface area contributed by atoms with Crippen molar-refractivity contribution >= 4 is 17.0 Å². The number of hydrogen-bond donors (Lipinski definition) is 0. The van der Waals surface area contributed by atoms with Crippen molar-refractivity contribution in [3.05, 3.63) is 72.2 Å². The zero-order valence-corrected chi connectivity index (χ0v) is 16.5. The molecule has 0 radical (unpaired) electrons. The molecule has 2 aromatic heterocycles. The van der Waals surface area contributed by atoms with E-state index in [1.165, 1.54) is 6.33 Å². The average molecular weight is 398 g/mol. The molecule has 4 aromatic rings. The van der Waals surface area contributed by atoms with Crippen LogP contribution in [-0.4, -0.2) is 34.2 Å². The molecule has 148 valence electrons. The Balaban J connectivity index is 1.90. The van der Waals surface area contributed by atoms with Gasteiger partial charge in [-0.05, 0) is 43.3 Å². The summed E-state index contributed by atoms with van der Waals surface area (Å²) in [6.07, 6.45) is 3.18. The Bertz CT molecular complexity index is 1270. The Morgan fingerprint density at radius 2 is 1.97 bits per heavy atom. The van der Waals surface area contributed by atoms with E-state index in [-0.39, 0.29) is 5.97 Å². The molecule has 2 aromatic carbocycles. The van der Waals surface area contributed by atoms with E-state index in [1.807, 2.05) is 28.8 Å². The third kappa shape index (κ3) is 3.35. The molecule has 30 heavy (non-hydrogen) atoms. The summed E-state index contributed by atoms with van der Waals surface area (Å²) >= 11 is 0. The predicted molar refractivity (Wildman–Crippen MR) is 112 cm³/mol. The van der Waals surface area contributed by atoms with Crippen LogP contribution >= 0.6 is 0 Å². The van der Waals surface area contributed by atoms with Gasteiger partial charge in [-0.25, -0.2) is 14.8 Å². The number of carbonyl (C=O) groups excluding carboxylic acids is 1. The van der Waals surface area contributed by atoms with Crippen molar-refractivity contribution in [2.75, 3.05) is 13.7 Å². The Labute approximate surface area is 173 Å². The van der Waals surface area contributed by atoms with E-state index in [4.69, 9.17) is 9.47 Å². The standard InChI is InChI=1S/C23H18N4O3/c1-3-30-23(28)15-7-9-18(10-8-15)27-13-17(12-24)21-22(27)20(25-14-26-21)16-5-4-6-19(11-16)29-2/h4-11,13-14H,3H2,1-2H3. The lowest BCUT2D eigenvalue weighted by molar-refractivity contribution is 0.0526. The van der Waals surface area contributed by atoms with Gasteiger partial charge in [0.25, 0.3) is 0 Å². The third-order valence-electron chi connectivity index (χ3n) is 4.70. The van der Waals surface area contributed by atoms with Crippen molar-refractivity contribution in [3.63, 3.8) is 0 Å². The lowest BCUT2D eigenvalue weighted by Crippen LogP contribution is -2.04. The first-order valence-electron chi connectivity index (χ1n) is 9.34. The van der Waals surface area contributed by atoms with Gasteiger partial charge in [-0.15, -0.1) is 0 Å². The number of ether oxygens (including phenoxy) is 2. The Kier molecular flexibility index (Phi) is 5.14. The highest BCUT2D eigenvalue weighted by Gasteiger charge is 2.18. The third-order valence-corrected chi connectivity index (χ3v) is 4.70. The molecule has 2 heterocycles. The maximum absolute atomic E-state index is 12.0. The second-order valence-electron chi connectivity index (χ2n) is 6.44. The molecule has 0 amide bonds. The lowest BCUT2D eigenvalue weighted by atomic mass is 10.1. The van der Waals surface area contributed by atoms with E-state index in [0.29, 0.717) is 40.2 Å². The van der Waals surface area contributed by atoms with E-state index >= 15 is 0 Å². The Morgan fingerprint density at radius 1 is 1.17 bits per heavy atom. The van der Waals surface area contributed by atoms with Crippen LogP contribution in [0.25, 0.3) is 28.0 Å². The summed E-state index contributed by atoms with van der Waals surface area (Å²) in [6, 6.07) is 16.7. The molecule has 0 bridgehead atoms. The van der Waals surface area contributed by atoms with Crippen LogP contribution < -0.4 is 4.74 Å². The summed E-state index contributed by atoms with van der Waals surface area (Å²) in [5, 5.41) is 9.61. The summed E-state index contributed by atoms with van der Waals surface area (Å²) in [6.45, 7) is 2.08. The van der Waals surface area contributed by atoms with Crippen LogP contribution in [0.1, 0.15) is 22.8 Å². The monoisotopic (exact) mass is 398 g/mol. The summed E-state index contributed by atoms with van der Waals surface area (Å²) in [7, 11) is 1.61. The van der Waals surface area contributed by atoms with Crippen molar-refractivity contribution < 1.29 is 14.3 Å². The van der Waals surface area contributed by atoms with E-state index in [0.717, 1.165) is 11.3 Å². The number of rotatable bonds is 5. The molecule has 0 spiro atoms. The second kappa shape index (κ2) is 8.05. The van der Waals surface area contributed by atoms with Crippen LogP contribution in [0.5, 0.6) is 5.75 Å². The van der Waals surface area contributed by atoms with Crippen molar-refractivity contribution in [1.29, 1.82) is 5.26 Å². The largest absolute Gasteiger partial charge is 0.497 e. The maximum Gasteiger partial charge on any atom is 0.338 e. The molecule has 0 aliphatic rings. The number of nitrogens with zero attached hydrogens (tertiary/aromatic N) is 4. The van der Waals surface area contributed by atoms with Crippen LogP contribution in [0, 0.1) is 11.3 Å². The number of esters is 1. The van der Waals surface area contributed by atoms with E-state index in [2.05, 4.69) is 16.0 Å². The number of fused-ring (bicyclic) bond motifs is 1. The molecular weight excluding hydrogens is 380 g/mol. The molecule has 0 aliphatic heterocycles. The van der Waals surface area contributed by atoms with Gasteiger partial charge in [0.2, 0.25) is 0 Å². The topological polar surface area (TPSA) is 90.0 Å². The number of hydrogen-bond acceptors (Lipinski definition) is 6. The summed E-state index contributed by atoms with van der Waals surface area (Å²) in [5.74, 6) is 0.330. The summed E-state index contributed by atoms with van der Waals surface area (Å²) < 4.78 is 12.2. The van der Waals surface area contributed by atoms with Crippen molar-refractivity contribution in [2.24, 2.45) is 0 Å². The molecule has 0 unspecified atom stereocenters. The van der Waals surface area contributed by atoms with E-state index in [1.54, 1.807) is 44.5 Å². The van der Waals surface area contributed by atoms with Gasteiger partial charge in [0, 0.05) is 17.4 Å². The van der Waals surface area contributed by atoms with Crippen LogP contribution in [-0.2, 0) is 4.74 Å². The molecule has 7 heteroatoms. The van der Waals surface area contributed by atoms with E-state index in [9.17, 15) is 10.1 Å². The number of nitriles is 1. The highest BCUT2D eigenvalue weighted by molar-refractivity contribution is 5.95. The average Bonchev–Trinajstić information content (AvgIpc) is 3.18. The molecule has 4 rings (SSSR count). The second-order valence-corrected chi connectivity index (χ2v) is 6.44. The van der Waals surface area contributed by atoms with Gasteiger partial charge in [-0.1, -0.05) is 12.1 Å². The Morgan fingerprint density at radius 3 is 2.67 bits per heavy atom. The smallest absolute Gasteiger partial charge is 0.338 e. The van der Waals surface area contributed by atoms with Crippen LogP contribution in [0.4, 0.5) is 0 Å². The fraction of sp³-hybridized carbons (Fsp3) is 0.130. The molecule has 0 atom stereocenters. The minimum Gasteiger partial charge on any atom is -0.497 e. The van der Waals surface area contributed by atoms with Gasteiger partial charge in [0.05, 0.1) is 36.1 Å². The maximum atomic E-state index is 12.0. The first-order valence-corrected chi connectivity index (χ1v) is 9.34. The van der Waals surface area contributed by atoms with Crippen molar-refractivity contribution in [3.8, 4) is 28.8 Å². The fourth-order valence-corrected chi connectivity index (χ4v) is 3.30. The molecule has 0 saturated carbocycles. The summed E-state index contributed by atoms with van der Waals surface area (Å²) in [5.41, 5.74) is 4.44. The minimum absolute atomic E-state index is 0.315. The van der Waals surface area contributed by atoms with Crippen molar-refractivity contribution in [2.45, 2.75) is 6.92 Å². The Hall–Kier alpha value is -4.18. The normalized spacial score (nSPS) is 10.6. The quantitative estimate of drug-likeness (QED) is 0.469.